The molecule has 0 amide bonds. The highest BCUT2D eigenvalue weighted by molar-refractivity contribution is 7.98. The molecule has 23 heavy (non-hydrogen) atoms. The van der Waals surface area contributed by atoms with Gasteiger partial charge in [0, 0.05) is 11.8 Å². The van der Waals surface area contributed by atoms with Gasteiger partial charge < -0.3 is 10.3 Å². The highest BCUT2D eigenvalue weighted by atomic mass is 32.2. The fourth-order valence-electron chi connectivity index (χ4n) is 2.43. The van der Waals surface area contributed by atoms with Crippen molar-refractivity contribution in [1.29, 1.82) is 0 Å². The molecule has 0 saturated heterocycles. The van der Waals surface area contributed by atoms with Gasteiger partial charge >= 0.3 is 0 Å². The number of hydrogen-bond acceptors (Lipinski definition) is 6. The third kappa shape index (κ3) is 3.53. The molecule has 1 aromatic carbocycles. The number of aryl methyl sites for hydroxylation is 2. The van der Waals surface area contributed by atoms with Crippen molar-refractivity contribution >= 4 is 17.6 Å². The second-order valence-electron chi connectivity index (χ2n) is 5.26. The quantitative estimate of drug-likeness (QED) is 0.770. The van der Waals surface area contributed by atoms with E-state index in [2.05, 4.69) is 34.2 Å². The molecule has 3 aromatic rings. The molecule has 2 heterocycles. The van der Waals surface area contributed by atoms with Gasteiger partial charge in [-0.05, 0) is 31.0 Å². The van der Waals surface area contributed by atoms with Gasteiger partial charge in [-0.1, -0.05) is 35.5 Å². The van der Waals surface area contributed by atoms with Crippen molar-refractivity contribution in [2.75, 3.05) is 5.73 Å². The Morgan fingerprint density at radius 2 is 1.91 bits per heavy atom. The number of hydrogen-bond donors (Lipinski definition) is 1. The third-order valence-electron chi connectivity index (χ3n) is 3.57. The summed E-state index contributed by atoms with van der Waals surface area (Å²) in [6, 6.07) is 12.2. The first-order valence-corrected chi connectivity index (χ1v) is 8.36. The number of anilines is 1. The van der Waals surface area contributed by atoms with Gasteiger partial charge in [0.05, 0.1) is 11.0 Å². The molecule has 3 rings (SSSR count). The zero-order chi connectivity index (χ0) is 16.2. The number of thioether (sulfide) groups is 1. The van der Waals surface area contributed by atoms with Gasteiger partial charge in [-0.15, -0.1) is 11.8 Å². The Morgan fingerprint density at radius 3 is 2.61 bits per heavy atom. The highest BCUT2D eigenvalue weighted by Gasteiger charge is 2.20. The highest BCUT2D eigenvalue weighted by Crippen LogP contribution is 2.40. The van der Waals surface area contributed by atoms with E-state index in [1.54, 1.807) is 18.0 Å². The molecule has 1 unspecified atom stereocenters. The van der Waals surface area contributed by atoms with Crippen molar-refractivity contribution in [2.24, 2.45) is 0 Å². The molecule has 2 aromatic heterocycles. The van der Waals surface area contributed by atoms with Crippen LogP contribution in [-0.4, -0.2) is 15.1 Å². The minimum Gasteiger partial charge on any atom is -0.383 e. The SMILES string of the molecule is Cc1noc(CSC(c2ccccc2C)c2cccnc2N)n1. The maximum Gasteiger partial charge on any atom is 0.236 e. The number of rotatable bonds is 5. The van der Waals surface area contributed by atoms with E-state index in [0.717, 1.165) is 5.56 Å². The minimum atomic E-state index is 0.0668. The molecular formula is C17H18N4OS. The molecule has 5 nitrogen and oxygen atoms in total. The summed E-state index contributed by atoms with van der Waals surface area (Å²) >= 11 is 1.71. The van der Waals surface area contributed by atoms with Crippen LogP contribution < -0.4 is 5.73 Å². The largest absolute Gasteiger partial charge is 0.383 e. The van der Waals surface area contributed by atoms with Crippen LogP contribution in [0.5, 0.6) is 0 Å². The second kappa shape index (κ2) is 6.83. The summed E-state index contributed by atoms with van der Waals surface area (Å²) in [5.41, 5.74) is 9.54. The van der Waals surface area contributed by atoms with Crippen molar-refractivity contribution in [3.63, 3.8) is 0 Å². The van der Waals surface area contributed by atoms with E-state index in [4.69, 9.17) is 10.3 Å². The lowest BCUT2D eigenvalue weighted by Crippen LogP contribution is -2.05. The normalized spacial score (nSPS) is 12.3. The average Bonchev–Trinajstić information content (AvgIpc) is 2.96. The van der Waals surface area contributed by atoms with Gasteiger partial charge in [0.15, 0.2) is 5.82 Å². The molecule has 0 aliphatic carbocycles. The van der Waals surface area contributed by atoms with Crippen molar-refractivity contribution in [3.8, 4) is 0 Å². The Bertz CT molecular complexity index is 757. The summed E-state index contributed by atoms with van der Waals surface area (Å²) in [6.45, 7) is 3.92. The van der Waals surface area contributed by atoms with Crippen LogP contribution in [0, 0.1) is 13.8 Å². The van der Waals surface area contributed by atoms with Crippen LogP contribution in [0.15, 0.2) is 47.1 Å². The van der Waals surface area contributed by atoms with Gasteiger partial charge in [0.25, 0.3) is 0 Å². The molecule has 2 N–H and O–H groups in total. The standard InChI is InChI=1S/C17H18N4OS/c1-11-6-3-4-7-13(11)16(14-8-5-9-19-17(14)18)23-10-15-20-12(2)21-22-15/h3-9,16H,10H2,1-2H3,(H2,18,19). The van der Waals surface area contributed by atoms with E-state index in [-0.39, 0.29) is 5.25 Å². The Morgan fingerprint density at radius 1 is 1.13 bits per heavy atom. The molecular weight excluding hydrogens is 308 g/mol. The van der Waals surface area contributed by atoms with Crippen LogP contribution in [0.25, 0.3) is 0 Å². The maximum absolute atomic E-state index is 6.11. The first-order chi connectivity index (χ1) is 11.1. The lowest BCUT2D eigenvalue weighted by molar-refractivity contribution is 0.387. The first kappa shape index (κ1) is 15.6. The predicted octanol–water partition coefficient (Wildman–Crippen LogP) is 3.69. The lowest BCUT2D eigenvalue weighted by atomic mass is 10.0. The molecule has 0 bridgehead atoms. The Kier molecular flexibility index (Phi) is 4.62. The van der Waals surface area contributed by atoms with Crippen LogP contribution in [0.4, 0.5) is 5.82 Å². The van der Waals surface area contributed by atoms with Gasteiger partial charge in [-0.25, -0.2) is 4.98 Å². The number of nitrogen functional groups attached to an aromatic ring is 1. The number of nitrogens with zero attached hydrogens (tertiary/aromatic N) is 3. The molecule has 0 fully saturated rings. The summed E-state index contributed by atoms with van der Waals surface area (Å²) in [5.74, 6) is 2.44. The monoisotopic (exact) mass is 326 g/mol. The van der Waals surface area contributed by atoms with Crippen molar-refractivity contribution in [3.05, 3.63) is 71.0 Å². The Hall–Kier alpha value is -2.34. The van der Waals surface area contributed by atoms with Crippen LogP contribution in [0.3, 0.4) is 0 Å². The molecule has 0 aliphatic heterocycles. The maximum atomic E-state index is 6.11. The van der Waals surface area contributed by atoms with Gasteiger partial charge in [-0.2, -0.15) is 4.98 Å². The fraction of sp³-hybridized carbons (Fsp3) is 0.235. The number of nitrogens with two attached hydrogens (primary N) is 1. The molecule has 1 atom stereocenters. The van der Waals surface area contributed by atoms with E-state index < -0.39 is 0 Å². The van der Waals surface area contributed by atoms with Gasteiger partial charge in [0.1, 0.15) is 5.82 Å². The third-order valence-corrected chi connectivity index (χ3v) is 4.82. The van der Waals surface area contributed by atoms with Crippen LogP contribution in [-0.2, 0) is 5.75 Å². The Balaban J connectivity index is 1.93. The van der Waals surface area contributed by atoms with E-state index in [1.165, 1.54) is 11.1 Å². The molecule has 6 heteroatoms. The molecule has 0 spiro atoms. The smallest absolute Gasteiger partial charge is 0.236 e. The molecule has 0 aliphatic rings. The summed E-state index contributed by atoms with van der Waals surface area (Å²) in [7, 11) is 0. The van der Waals surface area contributed by atoms with E-state index in [1.807, 2.05) is 31.2 Å². The number of benzene rings is 1. The number of pyridine rings is 1. The first-order valence-electron chi connectivity index (χ1n) is 7.32. The second-order valence-corrected chi connectivity index (χ2v) is 6.35. The van der Waals surface area contributed by atoms with Crippen LogP contribution >= 0.6 is 11.8 Å². The van der Waals surface area contributed by atoms with E-state index in [9.17, 15) is 0 Å². The van der Waals surface area contributed by atoms with Crippen LogP contribution in [0.2, 0.25) is 0 Å². The topological polar surface area (TPSA) is 77.8 Å². The molecule has 118 valence electrons. The van der Waals surface area contributed by atoms with Crippen molar-refractivity contribution < 1.29 is 4.52 Å². The molecule has 0 saturated carbocycles. The number of aromatic nitrogens is 3. The summed E-state index contributed by atoms with van der Waals surface area (Å²) in [4.78, 5) is 8.50. The zero-order valence-electron chi connectivity index (χ0n) is 13.1. The summed E-state index contributed by atoms with van der Waals surface area (Å²) in [5, 5.41) is 3.91. The fourth-order valence-corrected chi connectivity index (χ4v) is 3.68. The Labute approximate surface area is 139 Å². The average molecular weight is 326 g/mol. The van der Waals surface area contributed by atoms with Gasteiger partial charge in [-0.3, -0.25) is 0 Å². The molecule has 0 radical (unpaired) electrons. The van der Waals surface area contributed by atoms with Gasteiger partial charge in [0.2, 0.25) is 5.89 Å². The van der Waals surface area contributed by atoms with Crippen molar-refractivity contribution in [2.45, 2.75) is 24.9 Å². The van der Waals surface area contributed by atoms with Crippen molar-refractivity contribution in [1.82, 2.24) is 15.1 Å². The van der Waals surface area contributed by atoms with Crippen LogP contribution in [0.1, 0.15) is 33.7 Å². The predicted molar refractivity (Wildman–Crippen MR) is 92.0 cm³/mol. The van der Waals surface area contributed by atoms with E-state index in [0.29, 0.717) is 23.3 Å². The zero-order valence-corrected chi connectivity index (χ0v) is 13.9. The lowest BCUT2D eigenvalue weighted by Gasteiger charge is -2.20. The summed E-state index contributed by atoms with van der Waals surface area (Å²) < 4.78 is 5.22. The van der Waals surface area contributed by atoms with E-state index >= 15 is 0 Å². The summed E-state index contributed by atoms with van der Waals surface area (Å²) in [6.07, 6.45) is 1.71. The minimum absolute atomic E-state index is 0.0668.